The number of aryl methyl sites for hydroxylation is 2. The molecule has 120 valence electrons. The lowest BCUT2D eigenvalue weighted by molar-refractivity contribution is -0.131. The van der Waals surface area contributed by atoms with Crippen LogP contribution in [0.15, 0.2) is 27.9 Å². The molecule has 3 aromatic rings. The van der Waals surface area contributed by atoms with E-state index in [4.69, 9.17) is 0 Å². The quantitative estimate of drug-likeness (QED) is 0.729. The van der Waals surface area contributed by atoms with Crippen molar-refractivity contribution in [1.29, 1.82) is 0 Å². The second-order valence-electron chi connectivity index (χ2n) is 5.52. The molecule has 0 fully saturated rings. The summed E-state index contributed by atoms with van der Waals surface area (Å²) in [7, 11) is 1.75. The van der Waals surface area contributed by atoms with E-state index in [1.807, 2.05) is 30.7 Å². The largest absolute Gasteiger partial charge is 0.340 e. The molecule has 5 nitrogen and oxygen atoms in total. The van der Waals surface area contributed by atoms with E-state index in [0.717, 1.165) is 20.8 Å². The molecule has 0 N–H and O–H groups in total. The molecular formula is C16H17N3O2S2. The van der Waals surface area contributed by atoms with E-state index in [-0.39, 0.29) is 18.0 Å². The fourth-order valence-electron chi connectivity index (χ4n) is 2.39. The minimum absolute atomic E-state index is 0.0107. The number of carbonyl (C=O) groups is 1. The van der Waals surface area contributed by atoms with Crippen LogP contribution in [0.4, 0.5) is 0 Å². The fourth-order valence-corrected chi connectivity index (χ4v) is 4.04. The van der Waals surface area contributed by atoms with Crippen LogP contribution in [0.2, 0.25) is 0 Å². The fraction of sp³-hybridized carbons (Fsp3) is 0.312. The maximum Gasteiger partial charge on any atom is 0.262 e. The molecule has 0 atom stereocenters. The smallest absolute Gasteiger partial charge is 0.262 e. The van der Waals surface area contributed by atoms with Gasteiger partial charge in [-0.05, 0) is 41.8 Å². The number of amides is 1. The van der Waals surface area contributed by atoms with Crippen LogP contribution in [0.1, 0.15) is 16.0 Å². The number of hydrogen-bond acceptors (Lipinski definition) is 5. The molecule has 0 spiro atoms. The molecule has 3 heterocycles. The molecule has 0 radical (unpaired) electrons. The third kappa shape index (κ3) is 3.07. The molecule has 0 aromatic carbocycles. The van der Waals surface area contributed by atoms with E-state index in [1.165, 1.54) is 22.2 Å². The zero-order valence-electron chi connectivity index (χ0n) is 13.2. The van der Waals surface area contributed by atoms with Crippen molar-refractivity contribution in [2.45, 2.75) is 26.9 Å². The molecule has 3 aromatic heterocycles. The summed E-state index contributed by atoms with van der Waals surface area (Å²) in [5.41, 5.74) is 1.90. The summed E-state index contributed by atoms with van der Waals surface area (Å²) in [6.07, 6.45) is 1.47. The predicted molar refractivity (Wildman–Crippen MR) is 94.1 cm³/mol. The number of rotatable bonds is 4. The van der Waals surface area contributed by atoms with Crippen LogP contribution in [0.5, 0.6) is 0 Å². The lowest BCUT2D eigenvalue weighted by atomic mass is 10.2. The highest BCUT2D eigenvalue weighted by molar-refractivity contribution is 7.18. The van der Waals surface area contributed by atoms with Crippen LogP contribution < -0.4 is 5.56 Å². The van der Waals surface area contributed by atoms with Gasteiger partial charge in [0.05, 0.1) is 11.7 Å². The summed E-state index contributed by atoms with van der Waals surface area (Å²) in [5, 5.41) is 4.63. The first-order valence-electron chi connectivity index (χ1n) is 7.17. The van der Waals surface area contributed by atoms with E-state index in [0.29, 0.717) is 11.9 Å². The van der Waals surface area contributed by atoms with Gasteiger partial charge in [-0.2, -0.15) is 11.3 Å². The van der Waals surface area contributed by atoms with Crippen LogP contribution in [-0.4, -0.2) is 27.4 Å². The van der Waals surface area contributed by atoms with Crippen molar-refractivity contribution in [2.75, 3.05) is 7.05 Å². The number of thiophene rings is 2. The molecule has 1 amide bonds. The van der Waals surface area contributed by atoms with Crippen molar-refractivity contribution < 1.29 is 4.79 Å². The van der Waals surface area contributed by atoms with Gasteiger partial charge < -0.3 is 4.90 Å². The van der Waals surface area contributed by atoms with Crippen molar-refractivity contribution >= 4 is 38.8 Å². The maximum absolute atomic E-state index is 12.6. The minimum atomic E-state index is -0.144. The molecule has 3 rings (SSSR count). The van der Waals surface area contributed by atoms with Crippen LogP contribution >= 0.6 is 22.7 Å². The van der Waals surface area contributed by atoms with Gasteiger partial charge in [0.25, 0.3) is 5.56 Å². The lowest BCUT2D eigenvalue weighted by Gasteiger charge is -2.17. The number of aromatic nitrogens is 2. The highest BCUT2D eigenvalue weighted by Gasteiger charge is 2.15. The maximum atomic E-state index is 12.6. The molecule has 23 heavy (non-hydrogen) atoms. The predicted octanol–water partition coefficient (Wildman–Crippen LogP) is 2.79. The second-order valence-corrected chi connectivity index (χ2v) is 7.51. The van der Waals surface area contributed by atoms with E-state index < -0.39 is 0 Å². The standard InChI is InChI=1S/C16H17N3O2S2/c1-10-11(2)23-15-14(10)16(21)19(9-17-15)7-13(20)18(3)6-12-4-5-22-8-12/h4-5,8-9H,6-7H2,1-3H3. The first-order chi connectivity index (χ1) is 11.0. The van der Waals surface area contributed by atoms with Gasteiger partial charge in [-0.15, -0.1) is 11.3 Å². The Balaban J connectivity index is 1.83. The average molecular weight is 347 g/mol. The van der Waals surface area contributed by atoms with Gasteiger partial charge in [0.15, 0.2) is 0 Å². The zero-order valence-corrected chi connectivity index (χ0v) is 14.8. The summed E-state index contributed by atoms with van der Waals surface area (Å²) in [5.74, 6) is -0.107. The topological polar surface area (TPSA) is 55.2 Å². The van der Waals surface area contributed by atoms with E-state index in [2.05, 4.69) is 4.98 Å². The Bertz CT molecular complexity index is 909. The van der Waals surface area contributed by atoms with Crippen LogP contribution in [0.25, 0.3) is 10.2 Å². The van der Waals surface area contributed by atoms with Crippen LogP contribution in [-0.2, 0) is 17.9 Å². The molecule has 0 saturated carbocycles. The summed E-state index contributed by atoms with van der Waals surface area (Å²) in [4.78, 5) is 32.7. The molecular weight excluding hydrogens is 330 g/mol. The number of likely N-dealkylation sites (N-methyl/N-ethyl adjacent to an activating group) is 1. The van der Waals surface area contributed by atoms with Crippen LogP contribution in [0.3, 0.4) is 0 Å². The second kappa shape index (κ2) is 6.25. The molecule has 0 saturated heterocycles. The summed E-state index contributed by atoms with van der Waals surface area (Å²) >= 11 is 3.11. The first-order valence-corrected chi connectivity index (χ1v) is 8.93. The third-order valence-corrected chi connectivity index (χ3v) is 5.73. The molecule has 0 bridgehead atoms. The zero-order chi connectivity index (χ0) is 16.6. The van der Waals surface area contributed by atoms with Gasteiger partial charge in [-0.3, -0.25) is 14.2 Å². The Morgan fingerprint density at radius 1 is 1.39 bits per heavy atom. The van der Waals surface area contributed by atoms with Gasteiger partial charge in [0.1, 0.15) is 11.4 Å². The molecule has 7 heteroatoms. The Morgan fingerprint density at radius 2 is 2.17 bits per heavy atom. The Morgan fingerprint density at radius 3 is 2.87 bits per heavy atom. The van der Waals surface area contributed by atoms with Crippen molar-refractivity contribution in [1.82, 2.24) is 14.5 Å². The van der Waals surface area contributed by atoms with Gasteiger partial charge in [-0.1, -0.05) is 0 Å². The third-order valence-electron chi connectivity index (χ3n) is 3.89. The van der Waals surface area contributed by atoms with E-state index in [1.54, 1.807) is 23.3 Å². The highest BCUT2D eigenvalue weighted by atomic mass is 32.1. The molecule has 0 aliphatic rings. The van der Waals surface area contributed by atoms with Gasteiger partial charge in [0.2, 0.25) is 5.91 Å². The van der Waals surface area contributed by atoms with Crippen molar-refractivity contribution in [3.8, 4) is 0 Å². The number of carbonyl (C=O) groups excluding carboxylic acids is 1. The van der Waals surface area contributed by atoms with Crippen molar-refractivity contribution in [2.24, 2.45) is 0 Å². The normalized spacial score (nSPS) is 11.1. The van der Waals surface area contributed by atoms with Crippen molar-refractivity contribution in [3.05, 3.63) is 49.5 Å². The van der Waals surface area contributed by atoms with E-state index in [9.17, 15) is 9.59 Å². The lowest BCUT2D eigenvalue weighted by Crippen LogP contribution is -2.33. The molecule has 0 aliphatic heterocycles. The average Bonchev–Trinajstić information content (AvgIpc) is 3.11. The highest BCUT2D eigenvalue weighted by Crippen LogP contribution is 2.25. The van der Waals surface area contributed by atoms with Gasteiger partial charge in [-0.25, -0.2) is 4.98 Å². The Labute approximate surface area is 141 Å². The molecule has 0 unspecified atom stereocenters. The molecule has 0 aliphatic carbocycles. The number of fused-ring (bicyclic) bond motifs is 1. The number of hydrogen-bond donors (Lipinski definition) is 0. The minimum Gasteiger partial charge on any atom is -0.340 e. The number of nitrogens with zero attached hydrogens (tertiary/aromatic N) is 3. The van der Waals surface area contributed by atoms with E-state index >= 15 is 0 Å². The van der Waals surface area contributed by atoms with Crippen LogP contribution in [0, 0.1) is 13.8 Å². The summed E-state index contributed by atoms with van der Waals surface area (Å²) in [6.45, 7) is 4.46. The first kappa shape index (κ1) is 15.9. The summed E-state index contributed by atoms with van der Waals surface area (Å²) in [6, 6.07) is 1.99. The Hall–Kier alpha value is -1.99. The van der Waals surface area contributed by atoms with Gasteiger partial charge >= 0.3 is 0 Å². The van der Waals surface area contributed by atoms with Crippen molar-refractivity contribution in [3.63, 3.8) is 0 Å². The monoisotopic (exact) mass is 347 g/mol. The van der Waals surface area contributed by atoms with Gasteiger partial charge in [0, 0.05) is 18.5 Å². The SMILES string of the molecule is Cc1sc2ncn(CC(=O)N(C)Cc3ccsc3)c(=O)c2c1C. The summed E-state index contributed by atoms with van der Waals surface area (Å²) < 4.78 is 1.40. The Kier molecular flexibility index (Phi) is 4.32.